The summed E-state index contributed by atoms with van der Waals surface area (Å²) in [7, 11) is 0. The third-order valence-electron chi connectivity index (χ3n) is 3.76. The summed E-state index contributed by atoms with van der Waals surface area (Å²) in [6.45, 7) is 0. The van der Waals surface area contributed by atoms with E-state index in [1.54, 1.807) is 10.1 Å². The van der Waals surface area contributed by atoms with Gasteiger partial charge in [0.05, 0.1) is 10.7 Å². The number of rotatable bonds is 5. The molecule has 0 aliphatic carbocycles. The number of amides is 1. The van der Waals surface area contributed by atoms with E-state index in [1.165, 1.54) is 17.7 Å². The van der Waals surface area contributed by atoms with Gasteiger partial charge in [0.1, 0.15) is 12.0 Å². The summed E-state index contributed by atoms with van der Waals surface area (Å²) in [6, 6.07) is 19.6. The van der Waals surface area contributed by atoms with E-state index in [4.69, 9.17) is 0 Å². The zero-order valence-electron chi connectivity index (χ0n) is 13.7. The SMILES string of the molecule is O=C(Nc1ncnn1-c1ccccc1)c1csc(Cc2ccccc2)n1. The molecule has 4 aromatic rings. The lowest BCUT2D eigenvalue weighted by Gasteiger charge is -2.06. The van der Waals surface area contributed by atoms with Crippen LogP contribution < -0.4 is 5.32 Å². The Labute approximate surface area is 154 Å². The molecule has 0 radical (unpaired) electrons. The highest BCUT2D eigenvalue weighted by Crippen LogP contribution is 2.17. The number of nitrogens with one attached hydrogen (secondary N) is 1. The minimum absolute atomic E-state index is 0.300. The van der Waals surface area contributed by atoms with Crippen molar-refractivity contribution in [1.29, 1.82) is 0 Å². The Morgan fingerprint density at radius 2 is 1.77 bits per heavy atom. The highest BCUT2D eigenvalue weighted by atomic mass is 32.1. The molecule has 4 rings (SSSR count). The Balaban J connectivity index is 1.49. The zero-order chi connectivity index (χ0) is 17.8. The van der Waals surface area contributed by atoms with Crippen molar-refractivity contribution in [3.05, 3.63) is 88.6 Å². The first-order chi connectivity index (χ1) is 12.8. The van der Waals surface area contributed by atoms with Crippen LogP contribution in [0.1, 0.15) is 21.1 Å². The van der Waals surface area contributed by atoms with E-state index in [1.807, 2.05) is 60.7 Å². The third kappa shape index (κ3) is 3.52. The number of nitrogens with zero attached hydrogens (tertiary/aromatic N) is 4. The highest BCUT2D eigenvalue weighted by molar-refractivity contribution is 7.09. The van der Waals surface area contributed by atoms with E-state index in [9.17, 15) is 4.79 Å². The van der Waals surface area contributed by atoms with Crippen molar-refractivity contribution in [2.45, 2.75) is 6.42 Å². The van der Waals surface area contributed by atoms with Crippen molar-refractivity contribution < 1.29 is 4.79 Å². The van der Waals surface area contributed by atoms with Crippen molar-refractivity contribution in [3.63, 3.8) is 0 Å². The molecule has 0 spiro atoms. The van der Waals surface area contributed by atoms with Gasteiger partial charge in [0.25, 0.3) is 5.91 Å². The number of carbonyl (C=O) groups excluding carboxylic acids is 1. The second-order valence-corrected chi connectivity index (χ2v) is 6.52. The predicted octanol–water partition coefficient (Wildman–Crippen LogP) is 3.57. The molecule has 2 aromatic heterocycles. The molecule has 0 saturated carbocycles. The average Bonchev–Trinajstić information content (AvgIpc) is 3.33. The summed E-state index contributed by atoms with van der Waals surface area (Å²) in [6.07, 6.45) is 2.11. The predicted molar refractivity (Wildman–Crippen MR) is 101 cm³/mol. The minimum atomic E-state index is -0.300. The maximum Gasteiger partial charge on any atom is 0.277 e. The quantitative estimate of drug-likeness (QED) is 0.590. The molecule has 0 saturated heterocycles. The number of para-hydroxylation sites is 1. The standard InChI is InChI=1S/C19H15N5OS/c25-18(16-12-26-17(22-16)11-14-7-3-1-4-8-14)23-19-20-13-21-24(19)15-9-5-2-6-10-15/h1-10,12-13H,11H2,(H,20,21,23,25). The summed E-state index contributed by atoms with van der Waals surface area (Å²) in [5.74, 6) is 0.0598. The highest BCUT2D eigenvalue weighted by Gasteiger charge is 2.15. The van der Waals surface area contributed by atoms with Crippen molar-refractivity contribution in [3.8, 4) is 5.69 Å². The van der Waals surface area contributed by atoms with Crippen LogP contribution in [-0.2, 0) is 6.42 Å². The number of aromatic nitrogens is 4. The Hall–Kier alpha value is -3.32. The van der Waals surface area contributed by atoms with Gasteiger partial charge in [0, 0.05) is 11.8 Å². The number of anilines is 1. The molecule has 0 bridgehead atoms. The van der Waals surface area contributed by atoms with Gasteiger partial charge in [-0.25, -0.2) is 4.98 Å². The normalized spacial score (nSPS) is 10.6. The van der Waals surface area contributed by atoms with Crippen LogP contribution in [0.15, 0.2) is 72.4 Å². The fraction of sp³-hybridized carbons (Fsp3) is 0.0526. The van der Waals surface area contributed by atoms with Crippen LogP contribution >= 0.6 is 11.3 Å². The molecule has 1 N–H and O–H groups in total. The van der Waals surface area contributed by atoms with E-state index in [0.29, 0.717) is 18.1 Å². The first kappa shape index (κ1) is 16.2. The molecule has 1 amide bonds. The first-order valence-corrected chi connectivity index (χ1v) is 8.93. The number of thiazole rings is 1. The maximum atomic E-state index is 12.5. The van der Waals surface area contributed by atoms with Crippen molar-refractivity contribution in [2.75, 3.05) is 5.32 Å². The second kappa shape index (κ2) is 7.28. The largest absolute Gasteiger partial charge is 0.289 e. The lowest BCUT2D eigenvalue weighted by molar-refractivity contribution is 0.102. The fourth-order valence-corrected chi connectivity index (χ4v) is 3.33. The van der Waals surface area contributed by atoms with Gasteiger partial charge in [0.15, 0.2) is 0 Å². The minimum Gasteiger partial charge on any atom is -0.289 e. The van der Waals surface area contributed by atoms with Crippen LogP contribution in [0.4, 0.5) is 5.95 Å². The first-order valence-electron chi connectivity index (χ1n) is 8.05. The smallest absolute Gasteiger partial charge is 0.277 e. The van der Waals surface area contributed by atoms with Gasteiger partial charge < -0.3 is 0 Å². The molecular weight excluding hydrogens is 346 g/mol. The van der Waals surface area contributed by atoms with Gasteiger partial charge in [-0.2, -0.15) is 14.8 Å². The van der Waals surface area contributed by atoms with Gasteiger partial charge in [-0.3, -0.25) is 10.1 Å². The summed E-state index contributed by atoms with van der Waals surface area (Å²) < 4.78 is 1.58. The lowest BCUT2D eigenvalue weighted by atomic mass is 10.2. The van der Waals surface area contributed by atoms with E-state index in [0.717, 1.165) is 16.3 Å². The Morgan fingerprint density at radius 1 is 1.04 bits per heavy atom. The molecule has 0 aliphatic heterocycles. The molecule has 2 aromatic carbocycles. The number of hydrogen-bond acceptors (Lipinski definition) is 5. The molecule has 0 unspecified atom stereocenters. The van der Waals surface area contributed by atoms with Gasteiger partial charge >= 0.3 is 0 Å². The van der Waals surface area contributed by atoms with Crippen molar-refractivity contribution >= 4 is 23.2 Å². The Kier molecular flexibility index (Phi) is 4.53. The maximum absolute atomic E-state index is 12.5. The molecule has 26 heavy (non-hydrogen) atoms. The van der Waals surface area contributed by atoms with Crippen LogP contribution in [-0.4, -0.2) is 25.7 Å². The number of hydrogen-bond donors (Lipinski definition) is 1. The molecule has 0 aliphatic rings. The van der Waals surface area contributed by atoms with Crippen LogP contribution in [0, 0.1) is 0 Å². The average molecular weight is 361 g/mol. The molecular formula is C19H15N5OS. The Bertz CT molecular complexity index is 1010. The van der Waals surface area contributed by atoms with E-state index in [2.05, 4.69) is 20.4 Å². The summed E-state index contributed by atoms with van der Waals surface area (Å²) in [5.41, 5.74) is 2.37. The number of benzene rings is 2. The van der Waals surface area contributed by atoms with E-state index >= 15 is 0 Å². The molecule has 2 heterocycles. The molecule has 7 heteroatoms. The monoisotopic (exact) mass is 361 g/mol. The van der Waals surface area contributed by atoms with Gasteiger partial charge in [-0.1, -0.05) is 48.5 Å². The lowest BCUT2D eigenvalue weighted by Crippen LogP contribution is -2.16. The van der Waals surface area contributed by atoms with Crippen LogP contribution in [0.3, 0.4) is 0 Å². The zero-order valence-corrected chi connectivity index (χ0v) is 14.6. The van der Waals surface area contributed by atoms with E-state index in [-0.39, 0.29) is 5.91 Å². The van der Waals surface area contributed by atoms with Crippen molar-refractivity contribution in [1.82, 2.24) is 19.7 Å². The second-order valence-electron chi connectivity index (χ2n) is 5.57. The van der Waals surface area contributed by atoms with E-state index < -0.39 is 0 Å². The third-order valence-corrected chi connectivity index (χ3v) is 4.61. The van der Waals surface area contributed by atoms with Crippen LogP contribution in [0.25, 0.3) is 5.69 Å². The Morgan fingerprint density at radius 3 is 2.54 bits per heavy atom. The number of carbonyl (C=O) groups is 1. The topological polar surface area (TPSA) is 72.7 Å². The molecule has 128 valence electrons. The molecule has 0 atom stereocenters. The molecule has 6 nitrogen and oxygen atoms in total. The van der Waals surface area contributed by atoms with Crippen LogP contribution in [0.5, 0.6) is 0 Å². The summed E-state index contributed by atoms with van der Waals surface area (Å²) in [5, 5.41) is 9.60. The van der Waals surface area contributed by atoms with Crippen LogP contribution in [0.2, 0.25) is 0 Å². The summed E-state index contributed by atoms with van der Waals surface area (Å²) >= 11 is 1.47. The van der Waals surface area contributed by atoms with Gasteiger partial charge in [0.2, 0.25) is 5.95 Å². The van der Waals surface area contributed by atoms with Gasteiger partial charge in [-0.05, 0) is 17.7 Å². The van der Waals surface area contributed by atoms with Crippen molar-refractivity contribution in [2.24, 2.45) is 0 Å². The molecule has 0 fully saturated rings. The summed E-state index contributed by atoms with van der Waals surface area (Å²) in [4.78, 5) is 21.1. The fourth-order valence-electron chi connectivity index (χ4n) is 2.52. The van der Waals surface area contributed by atoms with Gasteiger partial charge in [-0.15, -0.1) is 11.3 Å².